The molecule has 3 N–H and O–H groups in total. The van der Waals surface area contributed by atoms with E-state index in [0.29, 0.717) is 0 Å². The topological polar surface area (TPSA) is 66.4 Å². The van der Waals surface area contributed by atoms with Gasteiger partial charge in [0.25, 0.3) is 8.45 Å². The number of unbranched alkanes of at least 4 members (excludes halogenated alkanes) is 4. The first-order valence-corrected chi connectivity index (χ1v) is 36.5. The fraction of sp³-hybridized carbons (Fsp3) is 0.385. The van der Waals surface area contributed by atoms with Gasteiger partial charge in [0.05, 0.1) is 11.0 Å². The smallest absolute Gasteiger partial charge is 0.311 e. The summed E-state index contributed by atoms with van der Waals surface area (Å²) in [6, 6.07) is 53.6. The number of aromatic nitrogens is 2. The third-order valence-corrected chi connectivity index (χ3v) is 22.0. The highest BCUT2D eigenvalue weighted by Crippen LogP contribution is 2.60. The number of nitrogens with two attached hydrogens (primary N) is 1. The normalized spacial score (nSPS) is 16.0. The number of fused-ring (bicyclic) bond motifs is 6. The Labute approximate surface area is 537 Å². The van der Waals surface area contributed by atoms with Crippen LogP contribution in [-0.4, -0.2) is 8.68 Å². The summed E-state index contributed by atoms with van der Waals surface area (Å²) >= 11 is 2.49. The van der Waals surface area contributed by atoms with E-state index in [2.05, 4.69) is 257 Å². The van der Waals surface area contributed by atoms with Crippen molar-refractivity contribution >= 4 is 61.3 Å². The van der Waals surface area contributed by atoms with Crippen LogP contribution in [0.25, 0.3) is 44.1 Å². The largest absolute Gasteiger partial charge is 0.440 e. The number of benzene rings is 7. The number of allylic oxidation sites excluding steroid dienone is 2. The molecule has 1 spiro atoms. The predicted molar refractivity (Wildman–Crippen MR) is 382 cm³/mol. The Hall–Kier alpha value is -5.69. The molecule has 0 saturated heterocycles. The van der Waals surface area contributed by atoms with E-state index in [1.165, 1.54) is 138 Å². The van der Waals surface area contributed by atoms with Crippen LogP contribution in [0.15, 0.2) is 164 Å². The van der Waals surface area contributed by atoms with Gasteiger partial charge in [-0.1, -0.05) is 185 Å². The molecule has 2 aliphatic rings. The summed E-state index contributed by atoms with van der Waals surface area (Å²) in [5, 5.41) is 6.48. The lowest BCUT2D eigenvalue weighted by atomic mass is 9.76. The number of nitrogens with zero attached hydrogens (tertiary/aromatic N) is 2. The Balaban J connectivity index is 0.966. The first kappa shape index (κ1) is 62.9. The Morgan fingerprint density at radius 2 is 1.09 bits per heavy atom. The van der Waals surface area contributed by atoms with Crippen LogP contribution in [0.1, 0.15) is 201 Å². The molecular weight excluding hydrogens is 1210 g/mol. The van der Waals surface area contributed by atoms with Crippen molar-refractivity contribution < 1.29 is 9.05 Å². The zero-order valence-electron chi connectivity index (χ0n) is 53.4. The van der Waals surface area contributed by atoms with Crippen molar-refractivity contribution in [2.24, 2.45) is 5.50 Å². The second-order valence-corrected chi connectivity index (χ2v) is 30.0. The average Bonchev–Trinajstić information content (AvgIpc) is 1.66. The summed E-state index contributed by atoms with van der Waals surface area (Å²) in [5.41, 5.74) is 29.3. The molecule has 2 aromatic heterocycles. The van der Waals surface area contributed by atoms with Gasteiger partial charge in [0.1, 0.15) is 11.5 Å². The highest BCUT2D eigenvalue weighted by atomic mass is 127. The number of aryl methyl sites for hydroxylation is 6. The predicted octanol–water partition coefficient (Wildman–Crippen LogP) is 22.7. The standard InChI is InChI=1S/C78H93IN4O2P2/c1-10-15-22-55-43-56(23-16-11-2)46-66(45-55)63(21-14-5)42-54(6)81-87(83-41-37-60-31-33-65(52-72(60)83)68-49-69(77(7,8)9)53-70(79)50-68)85-74-29-20-27-62-35-39-78(76(62)74)38-34-61-26-19-28-73(75(61)78)84-86(80)82-40-36-59-30-32-64(51-71(59)82)67-47-57(24-17-12-3)44-58(48-67)25-18-13-4/h19-20,26-33,36-37,40-53,63,81H,10-18,21-25,34-35,38-39,80H2,1-9H3/b54-42+. The molecule has 0 bridgehead atoms. The van der Waals surface area contributed by atoms with Crippen molar-refractivity contribution in [3.05, 3.63) is 223 Å². The molecule has 0 radical (unpaired) electrons. The highest BCUT2D eigenvalue weighted by molar-refractivity contribution is 14.1. The van der Waals surface area contributed by atoms with Gasteiger partial charge in [0.2, 0.25) is 0 Å². The van der Waals surface area contributed by atoms with E-state index in [-0.39, 0.29) is 16.7 Å². The molecule has 2 aliphatic carbocycles. The molecule has 7 aromatic carbocycles. The summed E-state index contributed by atoms with van der Waals surface area (Å²) in [5.74, 6) is 2.09. The average molecular weight is 1310 g/mol. The van der Waals surface area contributed by atoms with Crippen molar-refractivity contribution in [2.75, 3.05) is 0 Å². The lowest BCUT2D eigenvalue weighted by Gasteiger charge is -2.32. The van der Waals surface area contributed by atoms with Crippen molar-refractivity contribution in [1.29, 1.82) is 0 Å². The van der Waals surface area contributed by atoms with E-state index < -0.39 is 16.9 Å². The van der Waals surface area contributed by atoms with E-state index >= 15 is 0 Å². The van der Waals surface area contributed by atoms with Crippen molar-refractivity contribution in [1.82, 2.24) is 13.8 Å². The molecule has 0 amide bonds. The van der Waals surface area contributed by atoms with Crippen LogP contribution in [0, 0.1) is 3.57 Å². The maximum Gasteiger partial charge on any atom is 0.311 e. The summed E-state index contributed by atoms with van der Waals surface area (Å²) < 4.78 is 20.9. The van der Waals surface area contributed by atoms with Crippen molar-refractivity contribution in [3.63, 3.8) is 0 Å². The third-order valence-electron chi connectivity index (χ3n) is 18.5. The Kier molecular flexibility index (Phi) is 20.2. The lowest BCUT2D eigenvalue weighted by molar-refractivity contribution is 0.470. The molecule has 454 valence electrons. The fourth-order valence-electron chi connectivity index (χ4n) is 13.9. The Bertz CT molecular complexity index is 3850. The van der Waals surface area contributed by atoms with Crippen LogP contribution in [0.3, 0.4) is 0 Å². The van der Waals surface area contributed by atoms with E-state index in [0.717, 1.165) is 97.8 Å². The van der Waals surface area contributed by atoms with Gasteiger partial charge in [-0.15, -0.1) is 0 Å². The third kappa shape index (κ3) is 14.0. The molecule has 87 heavy (non-hydrogen) atoms. The minimum Gasteiger partial charge on any atom is -0.440 e. The maximum absolute atomic E-state index is 7.82. The van der Waals surface area contributed by atoms with E-state index in [4.69, 9.17) is 14.6 Å². The van der Waals surface area contributed by atoms with Crippen molar-refractivity contribution in [2.45, 2.75) is 195 Å². The molecule has 9 aromatic rings. The van der Waals surface area contributed by atoms with Gasteiger partial charge >= 0.3 is 8.45 Å². The molecule has 0 fully saturated rings. The van der Waals surface area contributed by atoms with Crippen LogP contribution in [0.5, 0.6) is 11.5 Å². The Morgan fingerprint density at radius 1 is 0.586 bits per heavy atom. The van der Waals surface area contributed by atoms with Gasteiger partial charge in [-0.25, -0.2) is 0 Å². The second-order valence-electron chi connectivity index (χ2n) is 26.2. The van der Waals surface area contributed by atoms with Crippen LogP contribution >= 0.6 is 39.5 Å². The van der Waals surface area contributed by atoms with Crippen LogP contribution in [0.2, 0.25) is 0 Å². The van der Waals surface area contributed by atoms with Crippen LogP contribution in [0.4, 0.5) is 0 Å². The summed E-state index contributed by atoms with van der Waals surface area (Å²) in [6.07, 6.45) is 27.0. The minimum absolute atomic E-state index is 0.0222. The highest BCUT2D eigenvalue weighted by Gasteiger charge is 2.49. The molecule has 11 rings (SSSR count). The van der Waals surface area contributed by atoms with Gasteiger partial charge < -0.3 is 14.1 Å². The molecule has 4 atom stereocenters. The fourth-order valence-corrected chi connectivity index (χ4v) is 17.1. The zero-order chi connectivity index (χ0) is 60.8. The monoisotopic (exact) mass is 1310 g/mol. The van der Waals surface area contributed by atoms with E-state index in [1.54, 1.807) is 0 Å². The molecule has 6 nitrogen and oxygen atoms in total. The maximum atomic E-state index is 7.82. The summed E-state index contributed by atoms with van der Waals surface area (Å²) in [7, 11) is -3.14. The number of hydrogen-bond donors (Lipinski definition) is 2. The number of rotatable bonds is 26. The summed E-state index contributed by atoms with van der Waals surface area (Å²) in [4.78, 5) is 0. The molecule has 2 heterocycles. The van der Waals surface area contributed by atoms with Crippen LogP contribution in [-0.2, 0) is 49.4 Å². The Morgan fingerprint density at radius 3 is 1.62 bits per heavy atom. The van der Waals surface area contributed by atoms with Gasteiger partial charge in [-0.2, -0.15) is 0 Å². The molecule has 9 heteroatoms. The first-order valence-electron chi connectivity index (χ1n) is 32.9. The SMILES string of the molecule is CCCCc1cc(CCCC)cc(-c2ccc3ccn(P(N)Oc4cccc5c4C4(CC5)CCc5cccc(OP(N/C(C)=C/C(CCC)c6cc(CCCC)cc(CCCC)c6)n6ccc7ccc(-c8cc(I)cc(C(C)(C)C)c8)cc76)c54)c3c2)c1. The van der Waals surface area contributed by atoms with Gasteiger partial charge in [-0.05, 0) is 234 Å². The number of hydrogen-bond acceptors (Lipinski definition) is 4. The second kappa shape index (κ2) is 28.0. The van der Waals surface area contributed by atoms with E-state index in [9.17, 15) is 0 Å². The van der Waals surface area contributed by atoms with Crippen molar-refractivity contribution in [3.8, 4) is 33.8 Å². The summed E-state index contributed by atoms with van der Waals surface area (Å²) in [6.45, 7) is 20.7. The first-order chi connectivity index (χ1) is 42.2. The quantitative estimate of drug-likeness (QED) is 0.0419. The molecular formula is C78H93IN4O2P2. The molecule has 4 unspecified atom stereocenters. The van der Waals surface area contributed by atoms with E-state index in [1.807, 2.05) is 0 Å². The number of nitrogens with one attached hydrogen (secondary N) is 1. The lowest BCUT2D eigenvalue weighted by Crippen LogP contribution is -2.24. The molecule has 0 aliphatic heterocycles. The van der Waals surface area contributed by atoms with Gasteiger partial charge in [0.15, 0.2) is 0 Å². The zero-order valence-corrected chi connectivity index (χ0v) is 57.3. The van der Waals surface area contributed by atoms with Gasteiger partial charge in [-0.3, -0.25) is 14.2 Å². The number of halogens is 1. The molecule has 0 saturated carbocycles. The van der Waals surface area contributed by atoms with Gasteiger partial charge in [0, 0.05) is 54.9 Å². The van der Waals surface area contributed by atoms with Crippen LogP contribution < -0.4 is 19.6 Å². The minimum atomic E-state index is -1.60.